The lowest BCUT2D eigenvalue weighted by Gasteiger charge is -2.34. The topological polar surface area (TPSA) is 83.6 Å². The van der Waals surface area contributed by atoms with E-state index in [4.69, 9.17) is 9.40 Å². The predicted molar refractivity (Wildman–Crippen MR) is 110 cm³/mol. The van der Waals surface area contributed by atoms with Gasteiger partial charge < -0.3 is 19.2 Å². The number of hydrogen-bond donors (Lipinski definition) is 1. The number of nitrogens with zero attached hydrogens (tertiary/aromatic N) is 4. The van der Waals surface area contributed by atoms with Crippen LogP contribution in [0, 0.1) is 0 Å². The number of aromatic nitrogens is 2. The molecule has 0 bridgehead atoms. The summed E-state index contributed by atoms with van der Waals surface area (Å²) in [6.07, 6.45) is 1.97. The van der Waals surface area contributed by atoms with E-state index in [2.05, 4.69) is 14.8 Å². The zero-order valence-electron chi connectivity index (χ0n) is 16.7. The van der Waals surface area contributed by atoms with Crippen LogP contribution in [0.2, 0.25) is 0 Å². The summed E-state index contributed by atoms with van der Waals surface area (Å²) in [5.74, 6) is 1.28. The standard InChI is InChI=1S/C21H25N5O3/c1-3-20(27)22-15-6-7-17-16(13-15)23-19(24(17)2)14-25-8-10-26(11-9-25)21(28)18-5-4-12-29-18/h4-7,12-13H,3,8-11,14H2,1-2H3,(H,22,27). The van der Waals surface area contributed by atoms with Crippen LogP contribution in [0.1, 0.15) is 29.7 Å². The van der Waals surface area contributed by atoms with Crippen molar-refractivity contribution >= 4 is 28.5 Å². The highest BCUT2D eigenvalue weighted by molar-refractivity contribution is 5.93. The Bertz CT molecular complexity index is 1020. The molecule has 8 nitrogen and oxygen atoms in total. The number of aryl methyl sites for hydroxylation is 1. The average Bonchev–Trinajstić information content (AvgIpc) is 3.37. The lowest BCUT2D eigenvalue weighted by atomic mass is 10.2. The normalized spacial score (nSPS) is 15.0. The summed E-state index contributed by atoms with van der Waals surface area (Å²) in [5.41, 5.74) is 2.66. The smallest absolute Gasteiger partial charge is 0.289 e. The number of carbonyl (C=O) groups excluding carboxylic acids is 2. The molecule has 2 aromatic heterocycles. The fourth-order valence-electron chi connectivity index (χ4n) is 3.58. The Morgan fingerprint density at radius 2 is 1.97 bits per heavy atom. The number of carbonyl (C=O) groups is 2. The van der Waals surface area contributed by atoms with Crippen LogP contribution in [-0.2, 0) is 18.4 Å². The second-order valence-corrected chi connectivity index (χ2v) is 7.24. The van der Waals surface area contributed by atoms with E-state index in [1.54, 1.807) is 12.1 Å². The highest BCUT2D eigenvalue weighted by Crippen LogP contribution is 2.21. The van der Waals surface area contributed by atoms with Crippen molar-refractivity contribution in [2.24, 2.45) is 7.05 Å². The molecule has 29 heavy (non-hydrogen) atoms. The van der Waals surface area contributed by atoms with Gasteiger partial charge in [0.25, 0.3) is 5.91 Å². The number of nitrogens with one attached hydrogen (secondary N) is 1. The molecule has 1 N–H and O–H groups in total. The number of imidazole rings is 1. The Hall–Kier alpha value is -3.13. The number of furan rings is 1. The first-order chi connectivity index (χ1) is 14.0. The first-order valence-corrected chi connectivity index (χ1v) is 9.85. The number of piperazine rings is 1. The molecule has 3 heterocycles. The van der Waals surface area contributed by atoms with Crippen molar-refractivity contribution in [3.63, 3.8) is 0 Å². The number of benzene rings is 1. The maximum absolute atomic E-state index is 12.4. The van der Waals surface area contributed by atoms with E-state index in [-0.39, 0.29) is 11.8 Å². The summed E-state index contributed by atoms with van der Waals surface area (Å²) in [4.78, 5) is 32.9. The molecular weight excluding hydrogens is 370 g/mol. The fourth-order valence-corrected chi connectivity index (χ4v) is 3.58. The monoisotopic (exact) mass is 395 g/mol. The van der Waals surface area contributed by atoms with Crippen molar-refractivity contribution in [1.29, 1.82) is 0 Å². The summed E-state index contributed by atoms with van der Waals surface area (Å²) in [7, 11) is 2.01. The number of fused-ring (bicyclic) bond motifs is 1. The van der Waals surface area contributed by atoms with Gasteiger partial charge in [-0.1, -0.05) is 6.92 Å². The van der Waals surface area contributed by atoms with Crippen molar-refractivity contribution in [2.45, 2.75) is 19.9 Å². The molecule has 152 valence electrons. The predicted octanol–water partition coefficient (Wildman–Crippen LogP) is 2.47. The molecule has 2 amide bonds. The van der Waals surface area contributed by atoms with Crippen LogP contribution in [-0.4, -0.2) is 57.3 Å². The molecular formula is C21H25N5O3. The lowest BCUT2D eigenvalue weighted by molar-refractivity contribution is -0.115. The number of rotatable bonds is 5. The molecule has 1 aliphatic rings. The Kier molecular flexibility index (Phi) is 5.35. The third-order valence-corrected chi connectivity index (χ3v) is 5.33. The van der Waals surface area contributed by atoms with Gasteiger partial charge in [0.2, 0.25) is 5.91 Å². The summed E-state index contributed by atoms with van der Waals surface area (Å²) in [6.45, 7) is 5.44. The van der Waals surface area contributed by atoms with Gasteiger partial charge in [-0.25, -0.2) is 4.98 Å². The molecule has 0 saturated carbocycles. The van der Waals surface area contributed by atoms with Gasteiger partial charge in [-0.15, -0.1) is 0 Å². The van der Waals surface area contributed by atoms with Gasteiger partial charge in [0.05, 0.1) is 23.8 Å². The molecule has 0 radical (unpaired) electrons. The van der Waals surface area contributed by atoms with Gasteiger partial charge in [-0.3, -0.25) is 14.5 Å². The SMILES string of the molecule is CCC(=O)Nc1ccc2c(c1)nc(CN1CCN(C(=O)c3ccco3)CC1)n2C. The number of hydrogen-bond acceptors (Lipinski definition) is 5. The third-order valence-electron chi connectivity index (χ3n) is 5.33. The maximum atomic E-state index is 12.4. The quantitative estimate of drug-likeness (QED) is 0.718. The zero-order chi connectivity index (χ0) is 20.4. The summed E-state index contributed by atoms with van der Waals surface area (Å²) < 4.78 is 7.30. The first-order valence-electron chi connectivity index (χ1n) is 9.85. The van der Waals surface area contributed by atoms with E-state index in [1.165, 1.54) is 6.26 Å². The van der Waals surface area contributed by atoms with Crippen LogP contribution < -0.4 is 5.32 Å². The average molecular weight is 395 g/mol. The van der Waals surface area contributed by atoms with Crippen LogP contribution in [0.25, 0.3) is 11.0 Å². The molecule has 1 aliphatic heterocycles. The molecule has 1 fully saturated rings. The second kappa shape index (κ2) is 8.08. The maximum Gasteiger partial charge on any atom is 0.289 e. The van der Waals surface area contributed by atoms with E-state index in [1.807, 2.05) is 37.1 Å². The molecule has 1 aromatic carbocycles. The Balaban J connectivity index is 1.41. The van der Waals surface area contributed by atoms with E-state index in [0.717, 1.165) is 35.6 Å². The zero-order valence-corrected chi connectivity index (χ0v) is 16.7. The highest BCUT2D eigenvalue weighted by Gasteiger charge is 2.24. The Labute approximate surface area is 169 Å². The largest absolute Gasteiger partial charge is 0.459 e. The minimum Gasteiger partial charge on any atom is -0.459 e. The van der Waals surface area contributed by atoms with E-state index >= 15 is 0 Å². The minimum atomic E-state index is -0.0564. The Morgan fingerprint density at radius 3 is 2.66 bits per heavy atom. The van der Waals surface area contributed by atoms with Crippen molar-refractivity contribution in [3.05, 3.63) is 48.2 Å². The molecule has 0 unspecified atom stereocenters. The minimum absolute atomic E-state index is 0.0116. The molecule has 3 aromatic rings. The molecule has 0 aliphatic carbocycles. The summed E-state index contributed by atoms with van der Waals surface area (Å²) >= 11 is 0. The lowest BCUT2D eigenvalue weighted by Crippen LogP contribution is -2.48. The Morgan fingerprint density at radius 1 is 1.17 bits per heavy atom. The van der Waals surface area contributed by atoms with Crippen LogP contribution >= 0.6 is 0 Å². The third kappa shape index (κ3) is 4.02. The number of anilines is 1. The van der Waals surface area contributed by atoms with Crippen LogP contribution in [0.5, 0.6) is 0 Å². The van der Waals surface area contributed by atoms with Crippen molar-refractivity contribution in [2.75, 3.05) is 31.5 Å². The van der Waals surface area contributed by atoms with Crippen LogP contribution in [0.15, 0.2) is 41.0 Å². The van der Waals surface area contributed by atoms with Gasteiger partial charge in [-0.05, 0) is 30.3 Å². The van der Waals surface area contributed by atoms with Gasteiger partial charge in [0, 0.05) is 45.3 Å². The van der Waals surface area contributed by atoms with Crippen molar-refractivity contribution < 1.29 is 14.0 Å². The molecule has 0 atom stereocenters. The van der Waals surface area contributed by atoms with E-state index < -0.39 is 0 Å². The molecule has 4 rings (SSSR count). The van der Waals surface area contributed by atoms with Gasteiger partial charge in [0.15, 0.2) is 5.76 Å². The molecule has 0 spiro atoms. The first kappa shape index (κ1) is 19.2. The van der Waals surface area contributed by atoms with E-state index in [0.29, 0.717) is 31.8 Å². The van der Waals surface area contributed by atoms with Gasteiger partial charge in [0.1, 0.15) is 5.82 Å². The van der Waals surface area contributed by atoms with E-state index in [9.17, 15) is 9.59 Å². The summed E-state index contributed by atoms with van der Waals surface area (Å²) in [6, 6.07) is 9.23. The number of amides is 2. The molecule has 1 saturated heterocycles. The van der Waals surface area contributed by atoms with Crippen molar-refractivity contribution in [1.82, 2.24) is 19.4 Å². The van der Waals surface area contributed by atoms with Crippen molar-refractivity contribution in [3.8, 4) is 0 Å². The highest BCUT2D eigenvalue weighted by atomic mass is 16.3. The summed E-state index contributed by atoms with van der Waals surface area (Å²) in [5, 5.41) is 2.88. The van der Waals surface area contributed by atoms with Gasteiger partial charge >= 0.3 is 0 Å². The fraction of sp³-hybridized carbons (Fsp3) is 0.381. The van der Waals surface area contributed by atoms with Crippen LogP contribution in [0.3, 0.4) is 0 Å². The van der Waals surface area contributed by atoms with Crippen LogP contribution in [0.4, 0.5) is 5.69 Å². The molecule has 8 heteroatoms. The van der Waals surface area contributed by atoms with Gasteiger partial charge in [-0.2, -0.15) is 0 Å². The second-order valence-electron chi connectivity index (χ2n) is 7.24.